The van der Waals surface area contributed by atoms with Gasteiger partial charge in [0.05, 0.1) is 16.9 Å². The first-order chi connectivity index (χ1) is 12.7. The molecule has 1 atom stereocenters. The number of para-hydroxylation sites is 1. The van der Waals surface area contributed by atoms with Crippen LogP contribution in [0.5, 0.6) is 0 Å². The second-order valence-electron chi connectivity index (χ2n) is 6.34. The fraction of sp³-hybridized carbons (Fsp3) is 0.190. The van der Waals surface area contributed by atoms with Gasteiger partial charge in [0.2, 0.25) is 5.91 Å². The third kappa shape index (κ3) is 3.24. The molecule has 0 bridgehead atoms. The van der Waals surface area contributed by atoms with Crippen molar-refractivity contribution in [3.63, 3.8) is 0 Å². The molecule has 2 aromatic carbocycles. The topological polar surface area (TPSA) is 65.8 Å². The van der Waals surface area contributed by atoms with Gasteiger partial charge in [0.15, 0.2) is 0 Å². The fourth-order valence-corrected chi connectivity index (χ4v) is 4.42. The number of benzene rings is 2. The number of thiazole rings is 1. The first kappa shape index (κ1) is 16.5. The van der Waals surface area contributed by atoms with Gasteiger partial charge < -0.3 is 5.32 Å². The van der Waals surface area contributed by atoms with Crippen LogP contribution >= 0.6 is 11.3 Å². The number of hydrogen-bond acceptors (Lipinski definition) is 4. The summed E-state index contributed by atoms with van der Waals surface area (Å²) < 4.78 is 0. The molecule has 26 heavy (non-hydrogen) atoms. The number of nitriles is 1. The predicted octanol–water partition coefficient (Wildman–Crippen LogP) is 4.43. The molecule has 0 spiro atoms. The summed E-state index contributed by atoms with van der Waals surface area (Å²) in [6, 6.07) is 19.4. The molecule has 3 aromatic rings. The van der Waals surface area contributed by atoms with Gasteiger partial charge in [0.1, 0.15) is 11.1 Å². The summed E-state index contributed by atoms with van der Waals surface area (Å²) in [5.41, 5.74) is 3.31. The lowest BCUT2D eigenvalue weighted by molar-refractivity contribution is -0.120. The minimum Gasteiger partial charge on any atom is -0.325 e. The molecule has 5 heteroatoms. The Kier molecular flexibility index (Phi) is 4.51. The summed E-state index contributed by atoms with van der Waals surface area (Å²) in [7, 11) is 0. The molecule has 1 unspecified atom stereocenters. The highest BCUT2D eigenvalue weighted by Crippen LogP contribution is 2.35. The van der Waals surface area contributed by atoms with Crippen molar-refractivity contribution in [1.29, 1.82) is 5.26 Å². The minimum atomic E-state index is -0.0849. The molecule has 1 aliphatic rings. The number of rotatable bonds is 3. The minimum absolute atomic E-state index is 0.0204. The van der Waals surface area contributed by atoms with Crippen molar-refractivity contribution in [3.8, 4) is 16.6 Å². The number of carbonyl (C=O) groups is 1. The molecule has 1 N–H and O–H groups in total. The SMILES string of the molecule is N#Cc1ccccc1NC(=O)C1CCc2nc(-c3ccccc3)sc2C1. The summed E-state index contributed by atoms with van der Waals surface area (Å²) in [4.78, 5) is 18.7. The van der Waals surface area contributed by atoms with E-state index in [9.17, 15) is 10.1 Å². The van der Waals surface area contributed by atoms with Crippen molar-refractivity contribution in [2.24, 2.45) is 5.92 Å². The molecule has 1 amide bonds. The van der Waals surface area contributed by atoms with Crippen LogP contribution in [0.15, 0.2) is 54.6 Å². The van der Waals surface area contributed by atoms with E-state index in [1.807, 2.05) is 24.3 Å². The third-order valence-electron chi connectivity index (χ3n) is 4.64. The largest absolute Gasteiger partial charge is 0.325 e. The molecule has 4 rings (SSSR count). The number of fused-ring (bicyclic) bond motifs is 1. The Bertz CT molecular complexity index is 988. The van der Waals surface area contributed by atoms with Crippen molar-refractivity contribution in [3.05, 3.63) is 70.7 Å². The van der Waals surface area contributed by atoms with E-state index in [0.717, 1.165) is 29.1 Å². The zero-order chi connectivity index (χ0) is 17.9. The zero-order valence-electron chi connectivity index (χ0n) is 14.1. The molecule has 1 heterocycles. The van der Waals surface area contributed by atoms with E-state index in [1.54, 1.807) is 29.5 Å². The summed E-state index contributed by atoms with van der Waals surface area (Å²) in [6.07, 6.45) is 2.31. The van der Waals surface area contributed by atoms with Gasteiger partial charge in [-0.15, -0.1) is 11.3 Å². The van der Waals surface area contributed by atoms with Crippen LogP contribution in [0.2, 0.25) is 0 Å². The average Bonchev–Trinajstić information content (AvgIpc) is 3.12. The molecule has 1 aromatic heterocycles. The maximum absolute atomic E-state index is 12.7. The number of aromatic nitrogens is 1. The van der Waals surface area contributed by atoms with Crippen LogP contribution in [0, 0.1) is 17.2 Å². The predicted molar refractivity (Wildman–Crippen MR) is 103 cm³/mol. The molecular formula is C21H17N3OS. The van der Waals surface area contributed by atoms with E-state index < -0.39 is 0 Å². The van der Waals surface area contributed by atoms with Crippen molar-refractivity contribution < 1.29 is 4.79 Å². The molecule has 0 aliphatic heterocycles. The lowest BCUT2D eigenvalue weighted by Gasteiger charge is -2.20. The lowest BCUT2D eigenvalue weighted by atomic mass is 9.90. The first-order valence-electron chi connectivity index (χ1n) is 8.58. The Morgan fingerprint density at radius 1 is 1.15 bits per heavy atom. The van der Waals surface area contributed by atoms with Gasteiger partial charge >= 0.3 is 0 Å². The Balaban J connectivity index is 1.51. The number of nitrogens with one attached hydrogen (secondary N) is 1. The maximum atomic E-state index is 12.7. The van der Waals surface area contributed by atoms with Crippen molar-refractivity contribution in [2.75, 3.05) is 5.32 Å². The number of amides is 1. The molecular weight excluding hydrogens is 342 g/mol. The highest BCUT2D eigenvalue weighted by atomic mass is 32.1. The molecule has 4 nitrogen and oxygen atoms in total. The Morgan fingerprint density at radius 3 is 2.73 bits per heavy atom. The number of anilines is 1. The van der Waals surface area contributed by atoms with Gasteiger partial charge in [-0.05, 0) is 31.4 Å². The normalized spacial score (nSPS) is 15.7. The van der Waals surface area contributed by atoms with Crippen LogP contribution < -0.4 is 5.32 Å². The van der Waals surface area contributed by atoms with E-state index in [2.05, 4.69) is 23.5 Å². The summed E-state index contributed by atoms with van der Waals surface area (Å²) in [6.45, 7) is 0. The summed E-state index contributed by atoms with van der Waals surface area (Å²) in [5, 5.41) is 13.1. The van der Waals surface area contributed by atoms with Gasteiger partial charge in [0.25, 0.3) is 0 Å². The van der Waals surface area contributed by atoms with Gasteiger partial charge in [-0.2, -0.15) is 5.26 Å². The average molecular weight is 359 g/mol. The molecule has 0 fully saturated rings. The van der Waals surface area contributed by atoms with Crippen molar-refractivity contribution in [2.45, 2.75) is 19.3 Å². The van der Waals surface area contributed by atoms with E-state index in [0.29, 0.717) is 17.7 Å². The maximum Gasteiger partial charge on any atom is 0.227 e. The monoisotopic (exact) mass is 359 g/mol. The highest BCUT2D eigenvalue weighted by molar-refractivity contribution is 7.15. The summed E-state index contributed by atoms with van der Waals surface area (Å²) in [5.74, 6) is -0.105. The van der Waals surface area contributed by atoms with Crippen LogP contribution in [0.25, 0.3) is 10.6 Å². The second-order valence-corrected chi connectivity index (χ2v) is 7.42. The summed E-state index contributed by atoms with van der Waals surface area (Å²) >= 11 is 1.68. The van der Waals surface area contributed by atoms with Crippen LogP contribution in [-0.4, -0.2) is 10.9 Å². The van der Waals surface area contributed by atoms with Crippen LogP contribution in [0.1, 0.15) is 22.6 Å². The first-order valence-corrected chi connectivity index (χ1v) is 9.40. The number of nitrogens with zero attached hydrogens (tertiary/aromatic N) is 2. The van der Waals surface area contributed by atoms with Gasteiger partial charge in [-0.1, -0.05) is 42.5 Å². The molecule has 0 saturated heterocycles. The van der Waals surface area contributed by atoms with Crippen molar-refractivity contribution >= 4 is 22.9 Å². The van der Waals surface area contributed by atoms with E-state index >= 15 is 0 Å². The molecule has 0 saturated carbocycles. The van der Waals surface area contributed by atoms with Crippen LogP contribution in [0.3, 0.4) is 0 Å². The Labute approximate surface area is 156 Å². The van der Waals surface area contributed by atoms with Gasteiger partial charge in [-0.25, -0.2) is 4.98 Å². The van der Waals surface area contributed by atoms with E-state index in [1.165, 1.54) is 4.88 Å². The highest BCUT2D eigenvalue weighted by Gasteiger charge is 2.28. The lowest BCUT2D eigenvalue weighted by Crippen LogP contribution is -2.28. The molecule has 1 aliphatic carbocycles. The van der Waals surface area contributed by atoms with Gasteiger partial charge in [-0.3, -0.25) is 4.79 Å². The van der Waals surface area contributed by atoms with Crippen LogP contribution in [-0.2, 0) is 17.6 Å². The fourth-order valence-electron chi connectivity index (χ4n) is 3.23. The molecule has 0 radical (unpaired) electrons. The van der Waals surface area contributed by atoms with Gasteiger partial charge in [0, 0.05) is 16.4 Å². The number of aryl methyl sites for hydroxylation is 1. The van der Waals surface area contributed by atoms with E-state index in [4.69, 9.17) is 4.98 Å². The quantitative estimate of drug-likeness (QED) is 0.752. The smallest absolute Gasteiger partial charge is 0.227 e. The van der Waals surface area contributed by atoms with Crippen molar-refractivity contribution in [1.82, 2.24) is 4.98 Å². The Hall–Kier alpha value is -2.97. The number of carbonyl (C=O) groups excluding carboxylic acids is 1. The Morgan fingerprint density at radius 2 is 1.92 bits per heavy atom. The number of hydrogen-bond donors (Lipinski definition) is 1. The molecule has 128 valence electrons. The van der Waals surface area contributed by atoms with Crippen LogP contribution in [0.4, 0.5) is 5.69 Å². The zero-order valence-corrected chi connectivity index (χ0v) is 14.9. The third-order valence-corrected chi connectivity index (χ3v) is 5.81. The second kappa shape index (κ2) is 7.11. The van der Waals surface area contributed by atoms with E-state index in [-0.39, 0.29) is 11.8 Å². The standard InChI is InChI=1S/C21H17N3OS/c22-13-16-8-4-5-9-17(16)23-20(25)15-10-11-18-19(12-15)26-21(24-18)14-6-2-1-3-7-14/h1-9,15H,10-12H2,(H,23,25).